The summed E-state index contributed by atoms with van der Waals surface area (Å²) in [5.74, 6) is -1.52. The Bertz CT molecular complexity index is 559. The Kier molecular flexibility index (Phi) is 3.61. The summed E-state index contributed by atoms with van der Waals surface area (Å²) >= 11 is 6.04. The van der Waals surface area contributed by atoms with Crippen molar-refractivity contribution in [2.45, 2.75) is 6.92 Å². The third-order valence-corrected chi connectivity index (χ3v) is 3.58. The summed E-state index contributed by atoms with van der Waals surface area (Å²) < 4.78 is 1.53. The Morgan fingerprint density at radius 1 is 1.47 bits per heavy atom. The molecule has 6 nitrogen and oxygen atoms in total. The van der Waals surface area contributed by atoms with E-state index in [1.165, 1.54) is 15.7 Å². The number of carbonyl (C=O) groups excluding carboxylic acids is 1. The fraction of sp³-hybridized carbons (Fsp3) is 0.417. The second-order valence-corrected chi connectivity index (χ2v) is 4.88. The average molecular weight is 284 g/mol. The summed E-state index contributed by atoms with van der Waals surface area (Å²) in [5, 5.41) is 13.3. The molecule has 0 atom stereocenters. The van der Waals surface area contributed by atoms with Gasteiger partial charge in [0.2, 0.25) is 5.91 Å². The van der Waals surface area contributed by atoms with Gasteiger partial charge in [-0.3, -0.25) is 14.3 Å². The van der Waals surface area contributed by atoms with Crippen LogP contribution in [0, 0.1) is 12.8 Å². The predicted octanol–water partition coefficient (Wildman–Crippen LogP) is 0.938. The summed E-state index contributed by atoms with van der Waals surface area (Å²) in [7, 11) is 1.72. The molecule has 1 amide bonds. The zero-order valence-corrected chi connectivity index (χ0v) is 11.4. The first-order valence-corrected chi connectivity index (χ1v) is 6.17. The molecular weight excluding hydrogens is 270 g/mol. The highest BCUT2D eigenvalue weighted by Crippen LogP contribution is 2.21. The number of carboxylic acid groups (broad SMARTS) is 1. The first kappa shape index (κ1) is 13.6. The molecule has 1 aliphatic heterocycles. The van der Waals surface area contributed by atoms with Crippen LogP contribution in [0.2, 0.25) is 5.15 Å². The molecule has 1 aromatic heterocycles. The quantitative estimate of drug-likeness (QED) is 0.838. The lowest BCUT2D eigenvalue weighted by Crippen LogP contribution is -2.52. The van der Waals surface area contributed by atoms with Crippen molar-refractivity contribution in [3.05, 3.63) is 22.5 Å². The van der Waals surface area contributed by atoms with Crippen LogP contribution < -0.4 is 0 Å². The van der Waals surface area contributed by atoms with Gasteiger partial charge in [0, 0.05) is 31.8 Å². The molecule has 102 valence electrons. The number of aromatic nitrogens is 2. The second-order valence-electron chi connectivity index (χ2n) is 4.53. The molecule has 0 saturated carbocycles. The molecule has 1 aromatic rings. The molecule has 1 aliphatic rings. The number of halogens is 1. The molecular formula is C12H14ClN3O3. The maximum atomic E-state index is 11.8. The highest BCUT2D eigenvalue weighted by molar-refractivity contribution is 6.31. The molecule has 7 heteroatoms. The fourth-order valence-electron chi connectivity index (χ4n) is 1.91. The van der Waals surface area contributed by atoms with E-state index in [0.717, 1.165) is 5.69 Å². The number of hydrogen-bond acceptors (Lipinski definition) is 3. The van der Waals surface area contributed by atoms with Crippen molar-refractivity contribution in [3.8, 4) is 0 Å². The molecule has 0 radical (unpaired) electrons. The molecule has 1 fully saturated rings. The number of likely N-dealkylation sites (tertiary alicyclic amines) is 1. The standard InChI is InChI=1S/C12H14ClN3O3/c1-7-9(11(13)15(2)14-7)3-4-10(17)16-5-8(6-16)12(18)19/h3-4,8H,5-6H2,1-2H3,(H,18,19). The summed E-state index contributed by atoms with van der Waals surface area (Å²) in [5.41, 5.74) is 1.44. The van der Waals surface area contributed by atoms with Gasteiger partial charge in [-0.25, -0.2) is 0 Å². The van der Waals surface area contributed by atoms with Crippen LogP contribution in [0.5, 0.6) is 0 Å². The van der Waals surface area contributed by atoms with Crippen LogP contribution in [0.3, 0.4) is 0 Å². The molecule has 0 aliphatic carbocycles. The Hall–Kier alpha value is -1.82. The van der Waals surface area contributed by atoms with Crippen LogP contribution in [0.4, 0.5) is 0 Å². The van der Waals surface area contributed by atoms with E-state index >= 15 is 0 Å². The number of amides is 1. The molecule has 1 saturated heterocycles. The van der Waals surface area contributed by atoms with E-state index < -0.39 is 11.9 Å². The third-order valence-electron chi connectivity index (χ3n) is 3.13. The average Bonchev–Trinajstić information content (AvgIpc) is 2.48. The van der Waals surface area contributed by atoms with Crippen LogP contribution in [0.1, 0.15) is 11.3 Å². The van der Waals surface area contributed by atoms with Crippen molar-refractivity contribution in [1.82, 2.24) is 14.7 Å². The van der Waals surface area contributed by atoms with Gasteiger partial charge in [-0.1, -0.05) is 11.6 Å². The number of carboxylic acids is 1. The SMILES string of the molecule is Cc1nn(C)c(Cl)c1C=CC(=O)N1CC(C(=O)O)C1. The third kappa shape index (κ3) is 2.63. The van der Waals surface area contributed by atoms with Crippen molar-refractivity contribution < 1.29 is 14.7 Å². The van der Waals surface area contributed by atoms with Crippen molar-refractivity contribution in [2.24, 2.45) is 13.0 Å². The Morgan fingerprint density at radius 2 is 2.11 bits per heavy atom. The van der Waals surface area contributed by atoms with Gasteiger partial charge in [-0.05, 0) is 13.0 Å². The number of nitrogens with zero attached hydrogens (tertiary/aromatic N) is 3. The Labute approximate surface area is 115 Å². The molecule has 2 rings (SSSR count). The van der Waals surface area contributed by atoms with E-state index in [1.54, 1.807) is 20.0 Å². The number of aliphatic carboxylic acids is 1. The first-order chi connectivity index (χ1) is 8.90. The van der Waals surface area contributed by atoms with E-state index in [2.05, 4.69) is 5.10 Å². The Morgan fingerprint density at radius 3 is 2.58 bits per heavy atom. The summed E-state index contributed by atoms with van der Waals surface area (Å²) in [6.07, 6.45) is 3.01. The van der Waals surface area contributed by atoms with Gasteiger partial charge in [0.25, 0.3) is 0 Å². The first-order valence-electron chi connectivity index (χ1n) is 5.79. The number of hydrogen-bond donors (Lipinski definition) is 1. The van der Waals surface area contributed by atoms with Crippen LogP contribution in [0.15, 0.2) is 6.08 Å². The van der Waals surface area contributed by atoms with Gasteiger partial charge in [0.15, 0.2) is 0 Å². The Balaban J connectivity index is 2.00. The van der Waals surface area contributed by atoms with Crippen LogP contribution in [0.25, 0.3) is 6.08 Å². The van der Waals surface area contributed by atoms with Gasteiger partial charge < -0.3 is 10.0 Å². The van der Waals surface area contributed by atoms with Crippen LogP contribution >= 0.6 is 11.6 Å². The van der Waals surface area contributed by atoms with E-state index in [1.807, 2.05) is 0 Å². The summed E-state index contributed by atoms with van der Waals surface area (Å²) in [6.45, 7) is 2.33. The van der Waals surface area contributed by atoms with Crippen LogP contribution in [-0.2, 0) is 16.6 Å². The van der Waals surface area contributed by atoms with Crippen molar-refractivity contribution >= 4 is 29.6 Å². The minimum absolute atomic E-state index is 0.211. The summed E-state index contributed by atoms with van der Waals surface area (Å²) in [4.78, 5) is 23.9. The topological polar surface area (TPSA) is 75.4 Å². The van der Waals surface area contributed by atoms with E-state index in [-0.39, 0.29) is 19.0 Å². The van der Waals surface area contributed by atoms with Gasteiger partial charge in [0.05, 0.1) is 11.6 Å². The zero-order chi connectivity index (χ0) is 14.2. The highest BCUT2D eigenvalue weighted by Gasteiger charge is 2.34. The number of carbonyl (C=O) groups is 2. The highest BCUT2D eigenvalue weighted by atomic mass is 35.5. The van der Waals surface area contributed by atoms with Crippen molar-refractivity contribution in [2.75, 3.05) is 13.1 Å². The molecule has 0 spiro atoms. The molecule has 0 unspecified atom stereocenters. The van der Waals surface area contributed by atoms with Gasteiger partial charge in [-0.2, -0.15) is 5.10 Å². The maximum Gasteiger partial charge on any atom is 0.310 e. The molecule has 0 aromatic carbocycles. The van der Waals surface area contributed by atoms with Gasteiger partial charge in [0.1, 0.15) is 5.15 Å². The molecule has 19 heavy (non-hydrogen) atoms. The van der Waals surface area contributed by atoms with E-state index in [0.29, 0.717) is 10.7 Å². The number of rotatable bonds is 3. The lowest BCUT2D eigenvalue weighted by molar-refractivity contribution is -0.151. The largest absolute Gasteiger partial charge is 0.481 e. The zero-order valence-electron chi connectivity index (χ0n) is 10.6. The lowest BCUT2D eigenvalue weighted by atomic mass is 10.0. The smallest absolute Gasteiger partial charge is 0.310 e. The van der Waals surface area contributed by atoms with Crippen molar-refractivity contribution in [1.29, 1.82) is 0 Å². The van der Waals surface area contributed by atoms with E-state index in [9.17, 15) is 9.59 Å². The minimum Gasteiger partial charge on any atom is -0.481 e. The second kappa shape index (κ2) is 5.05. The number of aryl methyl sites for hydroxylation is 2. The monoisotopic (exact) mass is 283 g/mol. The fourth-order valence-corrected chi connectivity index (χ4v) is 2.15. The normalized spacial score (nSPS) is 15.8. The van der Waals surface area contributed by atoms with Crippen molar-refractivity contribution in [3.63, 3.8) is 0 Å². The minimum atomic E-state index is -0.862. The van der Waals surface area contributed by atoms with Gasteiger partial charge >= 0.3 is 5.97 Å². The van der Waals surface area contributed by atoms with E-state index in [4.69, 9.17) is 16.7 Å². The summed E-state index contributed by atoms with van der Waals surface area (Å²) in [6, 6.07) is 0. The predicted molar refractivity (Wildman–Crippen MR) is 69.7 cm³/mol. The van der Waals surface area contributed by atoms with Gasteiger partial charge in [-0.15, -0.1) is 0 Å². The molecule has 1 N–H and O–H groups in total. The van der Waals surface area contributed by atoms with Crippen LogP contribution in [-0.4, -0.2) is 44.8 Å². The molecule has 2 heterocycles. The molecule has 0 bridgehead atoms. The lowest BCUT2D eigenvalue weighted by Gasteiger charge is -2.35. The maximum absolute atomic E-state index is 11.8.